The molecule has 0 saturated carbocycles. The average molecular weight is 639 g/mol. The molecule has 13 heteroatoms. The van der Waals surface area contributed by atoms with Crippen molar-refractivity contribution in [3.05, 3.63) is 59.7 Å². The maximum absolute atomic E-state index is 14.5. The third kappa shape index (κ3) is 9.01. The Morgan fingerprint density at radius 3 is 2.57 bits per heavy atom. The van der Waals surface area contributed by atoms with Gasteiger partial charge in [0.1, 0.15) is 24.2 Å². The minimum atomic E-state index is -1.06. The molecule has 2 aromatic rings. The minimum absolute atomic E-state index is 0.000648. The number of amides is 5. The summed E-state index contributed by atoms with van der Waals surface area (Å²) in [7, 11) is 3.03. The third-order valence-electron chi connectivity index (χ3n) is 8.49. The normalized spacial score (nSPS) is 21.3. The fraction of sp³-hybridized carbons (Fsp3) is 0.515. The van der Waals surface area contributed by atoms with Gasteiger partial charge in [-0.15, -0.1) is 0 Å². The van der Waals surface area contributed by atoms with Gasteiger partial charge in [-0.3, -0.25) is 29.0 Å². The number of hydrogen-bond donors (Lipinski definition) is 2. The van der Waals surface area contributed by atoms with Crippen LogP contribution < -0.4 is 15.4 Å². The summed E-state index contributed by atoms with van der Waals surface area (Å²) < 4.78 is 20.6. The zero-order chi connectivity index (χ0) is 33.2. The molecule has 1 saturated heterocycles. The third-order valence-corrected chi connectivity index (χ3v) is 8.49. The van der Waals surface area contributed by atoms with Gasteiger partial charge in [0.2, 0.25) is 23.6 Å². The summed E-state index contributed by atoms with van der Waals surface area (Å²) in [6, 6.07) is 5.30. The van der Waals surface area contributed by atoms with E-state index in [1.807, 2.05) is 6.92 Å². The van der Waals surface area contributed by atoms with Crippen molar-refractivity contribution in [2.75, 3.05) is 33.8 Å². The summed E-state index contributed by atoms with van der Waals surface area (Å²) >= 11 is 0. The Balaban J connectivity index is 1.60. The van der Waals surface area contributed by atoms with Crippen molar-refractivity contribution in [1.82, 2.24) is 30.3 Å². The van der Waals surface area contributed by atoms with E-state index in [9.17, 15) is 28.4 Å². The van der Waals surface area contributed by atoms with Gasteiger partial charge in [-0.1, -0.05) is 13.3 Å². The van der Waals surface area contributed by atoms with Crippen molar-refractivity contribution >= 4 is 29.5 Å². The molecule has 2 N–H and O–H groups in total. The zero-order valence-corrected chi connectivity index (χ0v) is 26.7. The number of nitrogens with zero attached hydrogens (tertiary/aromatic N) is 4. The Kier molecular flexibility index (Phi) is 12.0. The van der Waals surface area contributed by atoms with Crippen LogP contribution in [0.5, 0.6) is 5.75 Å². The second kappa shape index (κ2) is 16.1. The molecule has 0 aliphatic carbocycles. The summed E-state index contributed by atoms with van der Waals surface area (Å²) in [6.07, 6.45) is 5.67. The van der Waals surface area contributed by atoms with Crippen LogP contribution in [-0.4, -0.2) is 101 Å². The number of carbonyl (C=O) groups is 5. The first-order valence-electron chi connectivity index (χ1n) is 15.8. The molecular formula is C33H43FN6O6. The van der Waals surface area contributed by atoms with E-state index in [0.29, 0.717) is 12.8 Å². The number of unbranched alkanes of at least 4 members (excludes halogenated alkanes) is 1. The van der Waals surface area contributed by atoms with E-state index < -0.39 is 29.7 Å². The second-order valence-corrected chi connectivity index (χ2v) is 11.9. The Labute approximate surface area is 268 Å². The number of aromatic nitrogens is 1. The quantitative estimate of drug-likeness (QED) is 0.474. The first-order chi connectivity index (χ1) is 22.1. The number of fused-ring (bicyclic) bond motifs is 2. The molecule has 4 rings (SSSR count). The van der Waals surface area contributed by atoms with Crippen LogP contribution >= 0.6 is 0 Å². The Hall–Kier alpha value is -4.55. The number of rotatable bonds is 7. The van der Waals surface area contributed by atoms with Crippen molar-refractivity contribution in [3.8, 4) is 5.75 Å². The second-order valence-electron chi connectivity index (χ2n) is 11.9. The number of pyridine rings is 1. The monoisotopic (exact) mass is 638 g/mol. The lowest BCUT2D eigenvalue weighted by Gasteiger charge is -2.30. The number of carbonyl (C=O) groups excluding carboxylic acids is 5. The highest BCUT2D eigenvalue weighted by Crippen LogP contribution is 2.26. The summed E-state index contributed by atoms with van der Waals surface area (Å²) in [5.41, 5.74) is 0.709. The molecule has 0 radical (unpaired) electrons. The van der Waals surface area contributed by atoms with Gasteiger partial charge in [0.05, 0.1) is 11.6 Å². The Morgan fingerprint density at radius 1 is 1.07 bits per heavy atom. The standard InChI is InChI=1S/C33H43FN6O6/c1-4-5-6-29(41)37-24-18-25-21-46-28-9-7-23(34)17-26(28)33(45)39(3)27(32(44)36-19-22-11-14-35-15-12-22)8-10-30(42)38(2)16-13-31(43)40(25)20-24/h7,9,11-12,14-15,17,24-25,27H,4-6,8,10,13,16,18-21H2,1-3H3,(H,36,44)(H,37,41)/t24-,25+,27+/m1/s1. The Bertz CT molecular complexity index is 1410. The maximum atomic E-state index is 14.5. The predicted octanol–water partition coefficient (Wildman–Crippen LogP) is 2.27. The van der Waals surface area contributed by atoms with Crippen molar-refractivity contribution in [3.63, 3.8) is 0 Å². The van der Waals surface area contributed by atoms with Crippen molar-refractivity contribution in [2.24, 2.45) is 0 Å². The van der Waals surface area contributed by atoms with E-state index >= 15 is 0 Å². The van der Waals surface area contributed by atoms with Crippen molar-refractivity contribution in [2.45, 2.75) is 76.5 Å². The number of hydrogen-bond acceptors (Lipinski definition) is 7. The molecule has 12 nitrogen and oxygen atoms in total. The smallest absolute Gasteiger partial charge is 0.258 e. The van der Waals surface area contributed by atoms with Crippen LogP contribution in [-0.2, 0) is 25.7 Å². The molecule has 1 aromatic carbocycles. The zero-order valence-electron chi connectivity index (χ0n) is 26.7. The topological polar surface area (TPSA) is 141 Å². The molecule has 0 bridgehead atoms. The lowest BCUT2D eigenvalue weighted by atomic mass is 10.1. The minimum Gasteiger partial charge on any atom is -0.491 e. The van der Waals surface area contributed by atoms with Gasteiger partial charge in [0, 0.05) is 71.4 Å². The SMILES string of the molecule is CCCCC(=O)N[C@@H]1C[C@H]2COc3ccc(F)cc3C(=O)N(C)[C@H](C(=O)NCc3ccncc3)CCC(=O)N(C)CCC(=O)N2C1. The van der Waals surface area contributed by atoms with Crippen LogP contribution in [0.2, 0.25) is 0 Å². The molecule has 248 valence electrons. The molecule has 5 amide bonds. The van der Waals surface area contributed by atoms with E-state index in [1.54, 1.807) is 36.5 Å². The maximum Gasteiger partial charge on any atom is 0.258 e. The van der Waals surface area contributed by atoms with Crippen LogP contribution in [0, 0.1) is 5.82 Å². The Morgan fingerprint density at radius 2 is 1.83 bits per heavy atom. The van der Waals surface area contributed by atoms with Gasteiger partial charge < -0.3 is 30.1 Å². The van der Waals surface area contributed by atoms with Crippen molar-refractivity contribution in [1.29, 1.82) is 0 Å². The highest BCUT2D eigenvalue weighted by Gasteiger charge is 2.37. The van der Waals surface area contributed by atoms with E-state index in [4.69, 9.17) is 4.74 Å². The highest BCUT2D eigenvalue weighted by atomic mass is 19.1. The fourth-order valence-electron chi connectivity index (χ4n) is 5.73. The molecule has 2 aliphatic rings. The van der Waals surface area contributed by atoms with Crippen molar-refractivity contribution < 1.29 is 33.1 Å². The summed E-state index contributed by atoms with van der Waals surface area (Å²) in [5.74, 6) is -2.28. The molecular weight excluding hydrogens is 595 g/mol. The van der Waals surface area contributed by atoms with Crippen LogP contribution in [0.15, 0.2) is 42.7 Å². The van der Waals surface area contributed by atoms with E-state index in [-0.39, 0.29) is 80.6 Å². The molecule has 3 atom stereocenters. The molecule has 1 aromatic heterocycles. The van der Waals surface area contributed by atoms with Crippen LogP contribution in [0.3, 0.4) is 0 Å². The molecule has 3 heterocycles. The number of nitrogens with one attached hydrogen (secondary N) is 2. The van der Waals surface area contributed by atoms with E-state index in [1.165, 1.54) is 29.0 Å². The highest BCUT2D eigenvalue weighted by molar-refractivity contribution is 5.99. The number of halogens is 1. The average Bonchev–Trinajstić information content (AvgIpc) is 3.46. The van der Waals surface area contributed by atoms with Crippen LogP contribution in [0.25, 0.3) is 0 Å². The number of ether oxygens (including phenoxy) is 1. The van der Waals surface area contributed by atoms with Gasteiger partial charge in [-0.05, 0) is 55.2 Å². The fourth-order valence-corrected chi connectivity index (χ4v) is 5.73. The lowest BCUT2D eigenvalue weighted by Crippen LogP contribution is -2.48. The lowest BCUT2D eigenvalue weighted by molar-refractivity contribution is -0.135. The molecule has 46 heavy (non-hydrogen) atoms. The van der Waals surface area contributed by atoms with E-state index in [2.05, 4.69) is 15.6 Å². The first kappa shape index (κ1) is 34.3. The summed E-state index contributed by atoms with van der Waals surface area (Å²) in [6.45, 7) is 2.63. The van der Waals surface area contributed by atoms with Gasteiger partial charge in [-0.25, -0.2) is 4.39 Å². The molecule has 0 unspecified atom stereocenters. The van der Waals surface area contributed by atoms with Gasteiger partial charge in [-0.2, -0.15) is 0 Å². The predicted molar refractivity (Wildman–Crippen MR) is 167 cm³/mol. The number of likely N-dealkylation sites (N-methyl/N-ethyl adjacent to an activating group) is 1. The van der Waals surface area contributed by atoms with Gasteiger partial charge >= 0.3 is 0 Å². The van der Waals surface area contributed by atoms with Crippen LogP contribution in [0.4, 0.5) is 4.39 Å². The molecule has 0 spiro atoms. The summed E-state index contributed by atoms with van der Waals surface area (Å²) in [4.78, 5) is 74.5. The summed E-state index contributed by atoms with van der Waals surface area (Å²) in [5, 5.41) is 5.83. The van der Waals surface area contributed by atoms with Gasteiger partial charge in [0.15, 0.2) is 0 Å². The first-order valence-corrected chi connectivity index (χ1v) is 15.8. The van der Waals surface area contributed by atoms with Crippen LogP contribution in [0.1, 0.15) is 67.8 Å². The number of benzene rings is 1. The molecule has 1 fully saturated rings. The molecule has 2 aliphatic heterocycles. The largest absolute Gasteiger partial charge is 0.491 e. The van der Waals surface area contributed by atoms with Gasteiger partial charge in [0.25, 0.3) is 5.91 Å². The van der Waals surface area contributed by atoms with E-state index in [0.717, 1.165) is 24.5 Å².